The van der Waals surface area contributed by atoms with Gasteiger partial charge in [0.15, 0.2) is 0 Å². The Bertz CT molecular complexity index is 941. The van der Waals surface area contributed by atoms with Crippen LogP contribution in [-0.4, -0.2) is 16.2 Å². The molecule has 1 aliphatic rings. The van der Waals surface area contributed by atoms with Gasteiger partial charge >= 0.3 is 0 Å². The van der Waals surface area contributed by atoms with Gasteiger partial charge in [-0.15, -0.1) is 11.3 Å². The third-order valence-electron chi connectivity index (χ3n) is 4.77. The Balaban J connectivity index is 1.45. The lowest BCUT2D eigenvalue weighted by Crippen LogP contribution is -2.22. The Labute approximate surface area is 151 Å². The maximum Gasteiger partial charge on any atom is 0.262 e. The van der Waals surface area contributed by atoms with E-state index in [1.54, 1.807) is 22.2 Å². The van der Waals surface area contributed by atoms with Crippen LogP contribution in [0.3, 0.4) is 0 Å². The van der Waals surface area contributed by atoms with Crippen molar-refractivity contribution in [2.24, 2.45) is 0 Å². The second-order valence-electron chi connectivity index (χ2n) is 6.65. The quantitative estimate of drug-likeness (QED) is 0.648. The normalized spacial score (nSPS) is 13.8. The van der Waals surface area contributed by atoms with Crippen LogP contribution in [0.4, 0.5) is 0 Å². The van der Waals surface area contributed by atoms with Gasteiger partial charge in [-0.05, 0) is 56.7 Å². The number of aryl methyl sites for hydroxylation is 4. The molecule has 2 heterocycles. The monoisotopic (exact) mass is 354 g/mol. The molecule has 0 fully saturated rings. The summed E-state index contributed by atoms with van der Waals surface area (Å²) in [6.45, 7) is 3.29. The van der Waals surface area contributed by atoms with Crippen molar-refractivity contribution in [1.29, 1.82) is 0 Å². The predicted octanol–water partition coefficient (Wildman–Crippen LogP) is 4.11. The van der Waals surface area contributed by atoms with E-state index in [0.717, 1.165) is 35.2 Å². The minimum absolute atomic E-state index is 0.111. The summed E-state index contributed by atoms with van der Waals surface area (Å²) in [5.74, 6) is 0.874. The Morgan fingerprint density at radius 3 is 2.84 bits per heavy atom. The Kier molecular flexibility index (Phi) is 4.57. The van der Waals surface area contributed by atoms with Gasteiger partial charge in [0.05, 0.1) is 18.3 Å². The molecule has 2 aromatic heterocycles. The number of hydrogen-bond acceptors (Lipinski definition) is 4. The van der Waals surface area contributed by atoms with Crippen LogP contribution in [0.5, 0.6) is 5.75 Å². The number of ether oxygens (including phenoxy) is 1. The van der Waals surface area contributed by atoms with E-state index >= 15 is 0 Å². The summed E-state index contributed by atoms with van der Waals surface area (Å²) < 4.78 is 7.49. The highest BCUT2D eigenvalue weighted by molar-refractivity contribution is 7.18. The van der Waals surface area contributed by atoms with Crippen LogP contribution < -0.4 is 10.3 Å². The molecule has 5 heteroatoms. The second kappa shape index (κ2) is 7.00. The molecule has 0 aliphatic heterocycles. The fraction of sp³-hybridized carbons (Fsp3) is 0.400. The van der Waals surface area contributed by atoms with Gasteiger partial charge in [0.25, 0.3) is 5.56 Å². The molecule has 0 bridgehead atoms. The standard InChI is InChI=1S/C20H22N2O2S/c1-14-7-9-15(10-8-14)24-12-4-11-22-13-21-19-18(20(22)23)16-5-2-3-6-17(16)25-19/h7-10,13H,2-6,11-12H2,1H3. The summed E-state index contributed by atoms with van der Waals surface area (Å²) in [4.78, 5) is 19.7. The molecule has 0 radical (unpaired) electrons. The smallest absolute Gasteiger partial charge is 0.262 e. The minimum atomic E-state index is 0.111. The molecule has 0 amide bonds. The van der Waals surface area contributed by atoms with Crippen LogP contribution in [0.2, 0.25) is 0 Å². The molecule has 25 heavy (non-hydrogen) atoms. The summed E-state index contributed by atoms with van der Waals surface area (Å²) in [6.07, 6.45) is 7.00. The van der Waals surface area contributed by atoms with E-state index in [1.165, 1.54) is 28.8 Å². The highest BCUT2D eigenvalue weighted by atomic mass is 32.1. The topological polar surface area (TPSA) is 44.1 Å². The first-order valence-electron chi connectivity index (χ1n) is 8.91. The number of nitrogens with zero attached hydrogens (tertiary/aromatic N) is 2. The first kappa shape index (κ1) is 16.3. The first-order chi connectivity index (χ1) is 12.2. The zero-order chi connectivity index (χ0) is 17.2. The van der Waals surface area contributed by atoms with Crippen LogP contribution in [-0.2, 0) is 19.4 Å². The van der Waals surface area contributed by atoms with Crippen molar-refractivity contribution in [3.05, 3.63) is 57.0 Å². The number of rotatable bonds is 5. The number of thiophene rings is 1. The summed E-state index contributed by atoms with van der Waals surface area (Å²) in [6, 6.07) is 8.04. The van der Waals surface area contributed by atoms with Crippen molar-refractivity contribution in [2.75, 3.05) is 6.61 Å². The fourth-order valence-corrected chi connectivity index (χ4v) is 4.62. The van der Waals surface area contributed by atoms with E-state index in [4.69, 9.17) is 4.74 Å². The highest BCUT2D eigenvalue weighted by Crippen LogP contribution is 2.33. The van der Waals surface area contributed by atoms with Gasteiger partial charge in [-0.1, -0.05) is 17.7 Å². The molecule has 0 spiro atoms. The molecule has 130 valence electrons. The van der Waals surface area contributed by atoms with E-state index in [2.05, 4.69) is 11.9 Å². The maximum atomic E-state index is 12.9. The summed E-state index contributed by atoms with van der Waals surface area (Å²) in [5, 5.41) is 0.863. The SMILES string of the molecule is Cc1ccc(OCCCn2cnc3sc4c(c3c2=O)CCCC4)cc1. The van der Waals surface area contributed by atoms with Gasteiger partial charge in [0.2, 0.25) is 0 Å². The second-order valence-corrected chi connectivity index (χ2v) is 7.73. The molecule has 0 atom stereocenters. The Hall–Kier alpha value is -2.14. The summed E-state index contributed by atoms with van der Waals surface area (Å²) in [7, 11) is 0. The van der Waals surface area contributed by atoms with Crippen LogP contribution in [0.15, 0.2) is 35.4 Å². The molecule has 0 saturated carbocycles. The van der Waals surface area contributed by atoms with Crippen LogP contribution in [0.1, 0.15) is 35.3 Å². The fourth-order valence-electron chi connectivity index (χ4n) is 3.40. The van der Waals surface area contributed by atoms with Gasteiger partial charge in [-0.2, -0.15) is 0 Å². The molecule has 1 aliphatic carbocycles. The Morgan fingerprint density at radius 2 is 2.00 bits per heavy atom. The van der Waals surface area contributed by atoms with Crippen molar-refractivity contribution in [2.45, 2.75) is 45.6 Å². The van der Waals surface area contributed by atoms with Gasteiger partial charge < -0.3 is 4.74 Å². The van der Waals surface area contributed by atoms with Crippen molar-refractivity contribution < 1.29 is 4.74 Å². The molecule has 0 N–H and O–H groups in total. The van der Waals surface area contributed by atoms with Crippen LogP contribution in [0, 0.1) is 6.92 Å². The number of fused-ring (bicyclic) bond motifs is 3. The maximum absolute atomic E-state index is 12.9. The molecule has 0 saturated heterocycles. The van der Waals surface area contributed by atoms with Crippen molar-refractivity contribution in [3.63, 3.8) is 0 Å². The number of aromatic nitrogens is 2. The van der Waals surface area contributed by atoms with Crippen molar-refractivity contribution in [3.8, 4) is 5.75 Å². The lowest BCUT2D eigenvalue weighted by Gasteiger charge is -2.11. The largest absolute Gasteiger partial charge is 0.494 e. The van der Waals surface area contributed by atoms with Crippen LogP contribution >= 0.6 is 11.3 Å². The highest BCUT2D eigenvalue weighted by Gasteiger charge is 2.19. The molecule has 3 aromatic rings. The molecule has 4 rings (SSSR count). The number of hydrogen-bond donors (Lipinski definition) is 0. The minimum Gasteiger partial charge on any atom is -0.494 e. The first-order valence-corrected chi connectivity index (χ1v) is 9.73. The van der Waals surface area contributed by atoms with Crippen molar-refractivity contribution in [1.82, 2.24) is 9.55 Å². The van der Waals surface area contributed by atoms with Gasteiger partial charge in [0.1, 0.15) is 10.6 Å². The molecule has 1 aromatic carbocycles. The summed E-state index contributed by atoms with van der Waals surface area (Å²) >= 11 is 1.70. The predicted molar refractivity (Wildman–Crippen MR) is 102 cm³/mol. The van der Waals surface area contributed by atoms with E-state index in [9.17, 15) is 4.79 Å². The number of benzene rings is 1. The molecular formula is C20H22N2O2S. The third kappa shape index (κ3) is 3.33. The van der Waals surface area contributed by atoms with Crippen molar-refractivity contribution >= 4 is 21.6 Å². The lowest BCUT2D eigenvalue weighted by atomic mass is 9.97. The van der Waals surface area contributed by atoms with E-state index in [0.29, 0.717) is 13.2 Å². The van der Waals surface area contributed by atoms with E-state index in [-0.39, 0.29) is 5.56 Å². The van der Waals surface area contributed by atoms with E-state index in [1.807, 2.05) is 24.3 Å². The lowest BCUT2D eigenvalue weighted by molar-refractivity contribution is 0.300. The molecule has 4 nitrogen and oxygen atoms in total. The molecule has 0 unspecified atom stereocenters. The summed E-state index contributed by atoms with van der Waals surface area (Å²) in [5.41, 5.74) is 2.59. The zero-order valence-electron chi connectivity index (χ0n) is 14.5. The van der Waals surface area contributed by atoms with Gasteiger partial charge in [-0.25, -0.2) is 4.98 Å². The van der Waals surface area contributed by atoms with Crippen LogP contribution in [0.25, 0.3) is 10.2 Å². The average Bonchev–Trinajstić information content (AvgIpc) is 3.01. The van der Waals surface area contributed by atoms with Gasteiger partial charge in [-0.3, -0.25) is 9.36 Å². The van der Waals surface area contributed by atoms with E-state index < -0.39 is 0 Å². The molecular weight excluding hydrogens is 332 g/mol. The van der Waals surface area contributed by atoms with Gasteiger partial charge in [0, 0.05) is 11.4 Å². The average molecular weight is 354 g/mol. The Morgan fingerprint density at radius 1 is 1.20 bits per heavy atom. The zero-order valence-corrected chi connectivity index (χ0v) is 15.3. The third-order valence-corrected chi connectivity index (χ3v) is 5.97.